The third kappa shape index (κ3) is 2.43. The topological polar surface area (TPSA) is 20.3 Å². The lowest BCUT2D eigenvalue weighted by molar-refractivity contribution is 0.0827. The number of amides is 1. The Morgan fingerprint density at radius 2 is 1.56 bits per heavy atom. The highest BCUT2D eigenvalue weighted by molar-refractivity contribution is 5.94. The van der Waals surface area contributed by atoms with Gasteiger partial charge in [-0.1, -0.05) is 13.8 Å². The predicted octanol–water partition coefficient (Wildman–Crippen LogP) is 3.13. The lowest BCUT2D eigenvalue weighted by Gasteiger charge is -2.17. The molecule has 1 aromatic carbocycles. The van der Waals surface area contributed by atoms with E-state index in [0.29, 0.717) is 5.92 Å². The summed E-state index contributed by atoms with van der Waals surface area (Å²) in [6, 6.07) is 3.98. The Balaban J connectivity index is 3.25. The van der Waals surface area contributed by atoms with Gasteiger partial charge in [0.25, 0.3) is 5.91 Å². The van der Waals surface area contributed by atoms with Crippen molar-refractivity contribution in [2.75, 3.05) is 14.1 Å². The van der Waals surface area contributed by atoms with Crippen LogP contribution >= 0.6 is 0 Å². The highest BCUT2D eigenvalue weighted by Crippen LogP contribution is 2.24. The van der Waals surface area contributed by atoms with Gasteiger partial charge in [0, 0.05) is 19.7 Å². The number of carbonyl (C=O) groups excluding carboxylic acids is 1. The molecule has 0 fully saturated rings. The summed E-state index contributed by atoms with van der Waals surface area (Å²) >= 11 is 0. The minimum Gasteiger partial charge on any atom is -0.345 e. The molecule has 2 heteroatoms. The third-order valence-corrected chi connectivity index (χ3v) is 2.82. The van der Waals surface area contributed by atoms with Gasteiger partial charge in [0.1, 0.15) is 0 Å². The molecule has 0 bridgehead atoms. The van der Waals surface area contributed by atoms with Crippen LogP contribution in [0.4, 0.5) is 0 Å². The molecule has 0 spiro atoms. The van der Waals surface area contributed by atoms with E-state index in [2.05, 4.69) is 27.7 Å². The van der Waals surface area contributed by atoms with E-state index in [0.717, 1.165) is 5.56 Å². The summed E-state index contributed by atoms with van der Waals surface area (Å²) in [5.74, 6) is 0.574. The quantitative estimate of drug-likeness (QED) is 0.748. The first-order chi connectivity index (χ1) is 7.34. The van der Waals surface area contributed by atoms with Crippen molar-refractivity contribution in [3.8, 4) is 0 Å². The monoisotopic (exact) mass is 219 g/mol. The second-order valence-corrected chi connectivity index (χ2v) is 4.88. The maximum atomic E-state index is 11.9. The fourth-order valence-electron chi connectivity index (χ4n) is 2.27. The van der Waals surface area contributed by atoms with E-state index in [1.807, 2.05) is 12.1 Å². The molecule has 1 amide bonds. The summed E-state index contributed by atoms with van der Waals surface area (Å²) in [5.41, 5.74) is 4.56. The Kier molecular flexibility index (Phi) is 3.74. The van der Waals surface area contributed by atoms with Crippen LogP contribution in [0.3, 0.4) is 0 Å². The molecular formula is C14H21NO. The zero-order valence-electron chi connectivity index (χ0n) is 11.1. The molecule has 1 rings (SSSR count). The van der Waals surface area contributed by atoms with Gasteiger partial charge >= 0.3 is 0 Å². The number of hydrogen-bond acceptors (Lipinski definition) is 1. The van der Waals surface area contributed by atoms with E-state index < -0.39 is 0 Å². The highest BCUT2D eigenvalue weighted by atomic mass is 16.2. The van der Waals surface area contributed by atoms with Gasteiger partial charge in [-0.05, 0) is 48.6 Å². The summed E-state index contributed by atoms with van der Waals surface area (Å²) in [5, 5.41) is 0. The number of carbonyl (C=O) groups is 1. The minimum absolute atomic E-state index is 0.0708. The van der Waals surface area contributed by atoms with Gasteiger partial charge in [-0.25, -0.2) is 0 Å². The molecule has 0 unspecified atom stereocenters. The SMILES string of the molecule is Cc1cc(C(=O)N(C)C)cc(C)c1C(C)C. The Morgan fingerprint density at radius 1 is 1.12 bits per heavy atom. The van der Waals surface area contributed by atoms with Crippen LogP contribution < -0.4 is 0 Å². The maximum Gasteiger partial charge on any atom is 0.253 e. The van der Waals surface area contributed by atoms with E-state index in [1.165, 1.54) is 16.7 Å². The number of hydrogen-bond donors (Lipinski definition) is 0. The lowest BCUT2D eigenvalue weighted by Crippen LogP contribution is -2.22. The molecule has 0 aliphatic carbocycles. The summed E-state index contributed by atoms with van der Waals surface area (Å²) in [4.78, 5) is 13.5. The number of benzene rings is 1. The Hall–Kier alpha value is -1.31. The number of nitrogens with zero attached hydrogens (tertiary/aromatic N) is 1. The minimum atomic E-state index is 0.0708. The van der Waals surface area contributed by atoms with Gasteiger partial charge in [-0.2, -0.15) is 0 Å². The van der Waals surface area contributed by atoms with E-state index in [-0.39, 0.29) is 5.91 Å². The molecule has 0 saturated carbocycles. The molecule has 0 heterocycles. The zero-order valence-corrected chi connectivity index (χ0v) is 11.1. The molecule has 0 atom stereocenters. The smallest absolute Gasteiger partial charge is 0.253 e. The Morgan fingerprint density at radius 3 is 1.88 bits per heavy atom. The van der Waals surface area contributed by atoms with Gasteiger partial charge in [-0.3, -0.25) is 4.79 Å². The number of rotatable bonds is 2. The molecule has 88 valence electrons. The van der Waals surface area contributed by atoms with Crippen LogP contribution in [-0.4, -0.2) is 24.9 Å². The molecule has 1 aromatic rings. The van der Waals surface area contributed by atoms with Crippen molar-refractivity contribution >= 4 is 5.91 Å². The molecule has 0 N–H and O–H groups in total. The molecule has 16 heavy (non-hydrogen) atoms. The van der Waals surface area contributed by atoms with Gasteiger partial charge in [0.2, 0.25) is 0 Å². The first-order valence-electron chi connectivity index (χ1n) is 5.67. The first-order valence-corrected chi connectivity index (χ1v) is 5.67. The summed E-state index contributed by atoms with van der Waals surface area (Å²) in [6.07, 6.45) is 0. The summed E-state index contributed by atoms with van der Waals surface area (Å²) in [6.45, 7) is 8.52. The van der Waals surface area contributed by atoms with Crippen LogP contribution in [0.15, 0.2) is 12.1 Å². The fourth-order valence-corrected chi connectivity index (χ4v) is 2.27. The van der Waals surface area contributed by atoms with Crippen molar-refractivity contribution in [3.05, 3.63) is 34.4 Å². The summed E-state index contributed by atoms with van der Waals surface area (Å²) in [7, 11) is 3.56. The first kappa shape index (κ1) is 12.8. The van der Waals surface area contributed by atoms with E-state index in [4.69, 9.17) is 0 Å². The largest absolute Gasteiger partial charge is 0.345 e. The van der Waals surface area contributed by atoms with Crippen LogP contribution in [-0.2, 0) is 0 Å². The molecular weight excluding hydrogens is 198 g/mol. The molecule has 0 radical (unpaired) electrons. The van der Waals surface area contributed by atoms with E-state index in [1.54, 1.807) is 19.0 Å². The molecule has 2 nitrogen and oxygen atoms in total. The predicted molar refractivity (Wildman–Crippen MR) is 68.0 cm³/mol. The van der Waals surface area contributed by atoms with Crippen LogP contribution in [0.1, 0.15) is 46.8 Å². The lowest BCUT2D eigenvalue weighted by atomic mass is 9.91. The van der Waals surface area contributed by atoms with Crippen molar-refractivity contribution in [1.82, 2.24) is 4.90 Å². The molecule has 0 saturated heterocycles. The van der Waals surface area contributed by atoms with Crippen LogP contribution in [0.2, 0.25) is 0 Å². The Bertz CT molecular complexity index is 382. The van der Waals surface area contributed by atoms with Gasteiger partial charge in [0.15, 0.2) is 0 Å². The normalized spacial score (nSPS) is 10.7. The molecule has 0 aromatic heterocycles. The van der Waals surface area contributed by atoms with Crippen molar-refractivity contribution in [2.24, 2.45) is 0 Å². The fraction of sp³-hybridized carbons (Fsp3) is 0.500. The second kappa shape index (κ2) is 4.69. The van der Waals surface area contributed by atoms with Gasteiger partial charge < -0.3 is 4.90 Å². The second-order valence-electron chi connectivity index (χ2n) is 4.88. The van der Waals surface area contributed by atoms with E-state index >= 15 is 0 Å². The summed E-state index contributed by atoms with van der Waals surface area (Å²) < 4.78 is 0. The van der Waals surface area contributed by atoms with Crippen molar-refractivity contribution in [2.45, 2.75) is 33.6 Å². The van der Waals surface area contributed by atoms with Crippen molar-refractivity contribution in [3.63, 3.8) is 0 Å². The maximum absolute atomic E-state index is 11.9. The van der Waals surface area contributed by atoms with Crippen LogP contribution in [0, 0.1) is 13.8 Å². The van der Waals surface area contributed by atoms with Gasteiger partial charge in [-0.15, -0.1) is 0 Å². The van der Waals surface area contributed by atoms with Crippen molar-refractivity contribution < 1.29 is 4.79 Å². The highest BCUT2D eigenvalue weighted by Gasteiger charge is 2.13. The van der Waals surface area contributed by atoms with E-state index in [9.17, 15) is 4.79 Å². The standard InChI is InChI=1S/C14H21NO/c1-9(2)13-10(3)7-12(8-11(13)4)14(16)15(5)6/h7-9H,1-6H3. The Labute approximate surface area is 98.3 Å². The molecule has 0 aliphatic heterocycles. The van der Waals surface area contributed by atoms with Crippen LogP contribution in [0.25, 0.3) is 0 Å². The van der Waals surface area contributed by atoms with Crippen LogP contribution in [0.5, 0.6) is 0 Å². The number of aryl methyl sites for hydroxylation is 2. The molecule has 0 aliphatic rings. The third-order valence-electron chi connectivity index (χ3n) is 2.82. The average molecular weight is 219 g/mol. The van der Waals surface area contributed by atoms with Gasteiger partial charge in [0.05, 0.1) is 0 Å². The van der Waals surface area contributed by atoms with Crippen molar-refractivity contribution in [1.29, 1.82) is 0 Å². The average Bonchev–Trinajstić information content (AvgIpc) is 2.14. The zero-order chi connectivity index (χ0) is 12.5.